The zero-order valence-electron chi connectivity index (χ0n) is 13.5. The third-order valence-corrected chi connectivity index (χ3v) is 5.34. The summed E-state index contributed by atoms with van der Waals surface area (Å²) in [6, 6.07) is 0.987. The molecule has 1 saturated carbocycles. The fourth-order valence-electron chi connectivity index (χ4n) is 4.16. The zero-order chi connectivity index (χ0) is 14.7. The van der Waals surface area contributed by atoms with Gasteiger partial charge in [-0.25, -0.2) is 0 Å². The summed E-state index contributed by atoms with van der Waals surface area (Å²) in [4.78, 5) is 2.57. The van der Waals surface area contributed by atoms with Crippen LogP contribution in [-0.4, -0.2) is 68.8 Å². The second-order valence-electron chi connectivity index (χ2n) is 6.54. The molecule has 0 radical (unpaired) electrons. The molecule has 2 saturated heterocycles. The van der Waals surface area contributed by atoms with Gasteiger partial charge in [-0.3, -0.25) is 4.90 Å². The predicted molar refractivity (Wildman–Crippen MR) is 81.3 cm³/mol. The molecule has 3 rings (SSSR count). The van der Waals surface area contributed by atoms with Gasteiger partial charge in [-0.1, -0.05) is 6.92 Å². The molecule has 0 aromatic carbocycles. The number of likely N-dealkylation sites (N-methyl/N-ethyl adjacent to an activating group) is 2. The molecule has 21 heavy (non-hydrogen) atoms. The fraction of sp³-hybridized carbons (Fsp3) is 1.00. The largest absolute Gasteiger partial charge is 0.377 e. The molecule has 0 aromatic heterocycles. The molecular weight excluding hydrogens is 268 g/mol. The van der Waals surface area contributed by atoms with E-state index in [1.54, 1.807) is 0 Å². The van der Waals surface area contributed by atoms with E-state index in [0.717, 1.165) is 52.2 Å². The Hall–Kier alpha value is -0.200. The van der Waals surface area contributed by atoms with Gasteiger partial charge in [0, 0.05) is 38.1 Å². The molecule has 3 unspecified atom stereocenters. The molecule has 0 aromatic rings. The Morgan fingerprint density at radius 2 is 2.00 bits per heavy atom. The van der Waals surface area contributed by atoms with E-state index in [1.165, 1.54) is 12.8 Å². The molecule has 1 spiro atoms. The third kappa shape index (κ3) is 3.42. The van der Waals surface area contributed by atoms with Crippen molar-refractivity contribution in [2.24, 2.45) is 0 Å². The summed E-state index contributed by atoms with van der Waals surface area (Å²) in [5, 5.41) is 3.51. The summed E-state index contributed by atoms with van der Waals surface area (Å²) in [6.45, 7) is 6.76. The summed E-state index contributed by atoms with van der Waals surface area (Å²) in [7, 11) is 2.08. The average Bonchev–Trinajstić information content (AvgIpc) is 3.17. The van der Waals surface area contributed by atoms with Crippen molar-refractivity contribution in [1.29, 1.82) is 0 Å². The van der Waals surface area contributed by atoms with Crippen LogP contribution >= 0.6 is 0 Å². The van der Waals surface area contributed by atoms with Crippen molar-refractivity contribution in [3.63, 3.8) is 0 Å². The van der Waals surface area contributed by atoms with Gasteiger partial charge in [-0.15, -0.1) is 0 Å². The Labute approximate surface area is 128 Å². The molecule has 1 aliphatic carbocycles. The highest BCUT2D eigenvalue weighted by Gasteiger charge is 2.46. The van der Waals surface area contributed by atoms with E-state index in [1.807, 2.05) is 0 Å². The first-order valence-corrected chi connectivity index (χ1v) is 8.57. The topological polar surface area (TPSA) is 43.0 Å². The van der Waals surface area contributed by atoms with Crippen molar-refractivity contribution in [3.8, 4) is 0 Å². The van der Waals surface area contributed by atoms with Gasteiger partial charge < -0.3 is 19.5 Å². The Bertz CT molecular complexity index is 327. The van der Waals surface area contributed by atoms with Gasteiger partial charge >= 0.3 is 0 Å². The van der Waals surface area contributed by atoms with E-state index < -0.39 is 0 Å². The molecule has 3 fully saturated rings. The minimum Gasteiger partial charge on any atom is -0.377 e. The molecule has 3 aliphatic rings. The molecule has 2 heterocycles. The normalized spacial score (nSPS) is 35.9. The number of nitrogens with one attached hydrogen (secondary N) is 1. The SMILES string of the molecule is CCN(CC1CCCO1)C1CC2(CCC1NC)OCCO2. The first-order chi connectivity index (χ1) is 10.3. The minimum absolute atomic E-state index is 0.317. The minimum atomic E-state index is -0.317. The van der Waals surface area contributed by atoms with Crippen LogP contribution in [0.2, 0.25) is 0 Å². The van der Waals surface area contributed by atoms with Gasteiger partial charge in [0.05, 0.1) is 19.3 Å². The van der Waals surface area contributed by atoms with E-state index in [0.29, 0.717) is 18.2 Å². The van der Waals surface area contributed by atoms with Crippen LogP contribution in [0.5, 0.6) is 0 Å². The number of nitrogens with zero attached hydrogens (tertiary/aromatic N) is 1. The van der Waals surface area contributed by atoms with Crippen molar-refractivity contribution in [2.45, 2.75) is 63.0 Å². The number of hydrogen-bond acceptors (Lipinski definition) is 5. The highest BCUT2D eigenvalue weighted by atomic mass is 16.7. The smallest absolute Gasteiger partial charge is 0.170 e. The van der Waals surface area contributed by atoms with Gasteiger partial charge in [0.15, 0.2) is 5.79 Å². The fourth-order valence-corrected chi connectivity index (χ4v) is 4.16. The highest BCUT2D eigenvalue weighted by Crippen LogP contribution is 2.38. The Kier molecular flexibility index (Phi) is 5.17. The van der Waals surface area contributed by atoms with Gasteiger partial charge in [0.2, 0.25) is 0 Å². The third-order valence-electron chi connectivity index (χ3n) is 5.34. The van der Waals surface area contributed by atoms with E-state index in [-0.39, 0.29) is 5.79 Å². The quantitative estimate of drug-likeness (QED) is 0.830. The van der Waals surface area contributed by atoms with Crippen LogP contribution in [0.4, 0.5) is 0 Å². The summed E-state index contributed by atoms with van der Waals surface area (Å²) in [5.41, 5.74) is 0. The van der Waals surface area contributed by atoms with Crippen molar-refractivity contribution in [1.82, 2.24) is 10.2 Å². The van der Waals surface area contributed by atoms with Gasteiger partial charge in [0.25, 0.3) is 0 Å². The molecule has 0 bridgehead atoms. The van der Waals surface area contributed by atoms with Crippen LogP contribution < -0.4 is 5.32 Å². The van der Waals surface area contributed by atoms with Crippen molar-refractivity contribution >= 4 is 0 Å². The maximum atomic E-state index is 5.96. The lowest BCUT2D eigenvalue weighted by Gasteiger charge is -2.46. The maximum absolute atomic E-state index is 5.96. The van der Waals surface area contributed by atoms with Crippen molar-refractivity contribution in [3.05, 3.63) is 0 Å². The Morgan fingerprint density at radius 3 is 2.62 bits per heavy atom. The van der Waals surface area contributed by atoms with Gasteiger partial charge in [0.1, 0.15) is 0 Å². The van der Waals surface area contributed by atoms with E-state index in [9.17, 15) is 0 Å². The van der Waals surface area contributed by atoms with Crippen LogP contribution in [-0.2, 0) is 14.2 Å². The predicted octanol–water partition coefficient (Wildman–Crippen LogP) is 1.37. The Balaban J connectivity index is 1.67. The lowest BCUT2D eigenvalue weighted by Crippen LogP contribution is -2.58. The summed E-state index contributed by atoms with van der Waals surface area (Å²) >= 11 is 0. The second-order valence-corrected chi connectivity index (χ2v) is 6.54. The lowest BCUT2D eigenvalue weighted by atomic mass is 9.84. The number of ether oxygens (including phenoxy) is 3. The molecule has 1 N–H and O–H groups in total. The zero-order valence-corrected chi connectivity index (χ0v) is 13.5. The first kappa shape index (κ1) is 15.7. The van der Waals surface area contributed by atoms with E-state index >= 15 is 0 Å². The average molecular weight is 298 g/mol. The summed E-state index contributed by atoms with van der Waals surface area (Å²) in [5.74, 6) is -0.317. The van der Waals surface area contributed by atoms with Crippen LogP contribution in [0, 0.1) is 0 Å². The Morgan fingerprint density at radius 1 is 1.19 bits per heavy atom. The highest BCUT2D eigenvalue weighted by molar-refractivity contribution is 4.96. The maximum Gasteiger partial charge on any atom is 0.170 e. The molecule has 2 aliphatic heterocycles. The standard InChI is InChI=1S/C16H30N2O3/c1-3-18(12-13-5-4-8-19-13)15-11-16(20-9-10-21-16)7-6-14(15)17-2/h13-15,17H,3-12H2,1-2H3. The van der Waals surface area contributed by atoms with Crippen LogP contribution in [0.3, 0.4) is 0 Å². The molecule has 122 valence electrons. The monoisotopic (exact) mass is 298 g/mol. The van der Waals surface area contributed by atoms with Crippen molar-refractivity contribution in [2.75, 3.05) is 40.0 Å². The van der Waals surface area contributed by atoms with Gasteiger partial charge in [-0.2, -0.15) is 0 Å². The number of hydrogen-bond donors (Lipinski definition) is 1. The summed E-state index contributed by atoms with van der Waals surface area (Å²) in [6.07, 6.45) is 5.91. The van der Waals surface area contributed by atoms with Gasteiger partial charge in [-0.05, 0) is 32.9 Å². The molecule has 5 heteroatoms. The van der Waals surface area contributed by atoms with Crippen LogP contribution in [0.25, 0.3) is 0 Å². The summed E-state index contributed by atoms with van der Waals surface area (Å²) < 4.78 is 17.8. The lowest BCUT2D eigenvalue weighted by molar-refractivity contribution is -0.194. The molecule has 0 amide bonds. The van der Waals surface area contributed by atoms with Crippen LogP contribution in [0.15, 0.2) is 0 Å². The van der Waals surface area contributed by atoms with E-state index in [4.69, 9.17) is 14.2 Å². The van der Waals surface area contributed by atoms with E-state index in [2.05, 4.69) is 24.2 Å². The second kappa shape index (κ2) is 6.92. The molecule has 5 nitrogen and oxygen atoms in total. The first-order valence-electron chi connectivity index (χ1n) is 8.57. The van der Waals surface area contributed by atoms with Crippen molar-refractivity contribution < 1.29 is 14.2 Å². The number of rotatable bonds is 5. The molecular formula is C16H30N2O3. The molecule has 3 atom stereocenters. The van der Waals surface area contributed by atoms with Crippen LogP contribution in [0.1, 0.15) is 39.0 Å².